The van der Waals surface area contributed by atoms with Crippen molar-refractivity contribution < 1.29 is 4.39 Å². The maximum absolute atomic E-state index is 13.2. The van der Waals surface area contributed by atoms with Gasteiger partial charge in [-0.25, -0.2) is 4.39 Å². The molecule has 2 heteroatoms. The Kier molecular flexibility index (Phi) is 4.62. The lowest BCUT2D eigenvalue weighted by atomic mass is 9.81. The normalized spacial score (nSPS) is 21.0. The molecular formula is C23H22FN. The van der Waals surface area contributed by atoms with Gasteiger partial charge in [0.25, 0.3) is 0 Å². The number of fused-ring (bicyclic) bond motifs is 1. The minimum atomic E-state index is -0.166. The highest BCUT2D eigenvalue weighted by atomic mass is 19.1. The van der Waals surface area contributed by atoms with Crippen LogP contribution in [-0.4, -0.2) is 13.1 Å². The Labute approximate surface area is 148 Å². The monoisotopic (exact) mass is 331 g/mol. The van der Waals surface area contributed by atoms with E-state index in [1.807, 2.05) is 12.1 Å². The molecule has 1 nitrogen and oxygen atoms in total. The number of hydrogen-bond acceptors (Lipinski definition) is 1. The third-order valence-electron chi connectivity index (χ3n) is 5.14. The summed E-state index contributed by atoms with van der Waals surface area (Å²) >= 11 is 0. The van der Waals surface area contributed by atoms with E-state index in [1.165, 1.54) is 21.9 Å². The molecule has 1 heterocycles. The summed E-state index contributed by atoms with van der Waals surface area (Å²) in [5.74, 6) is 0.699. The van der Waals surface area contributed by atoms with Crippen molar-refractivity contribution in [3.05, 3.63) is 89.8 Å². The van der Waals surface area contributed by atoms with Gasteiger partial charge in [-0.15, -0.1) is 0 Å². The number of rotatable bonds is 3. The Hall–Kier alpha value is -2.45. The fourth-order valence-corrected chi connectivity index (χ4v) is 3.75. The van der Waals surface area contributed by atoms with Crippen LogP contribution >= 0.6 is 0 Å². The molecular weight excluding hydrogens is 309 g/mol. The third-order valence-corrected chi connectivity index (χ3v) is 5.14. The van der Waals surface area contributed by atoms with Crippen molar-refractivity contribution in [3.63, 3.8) is 0 Å². The fourth-order valence-electron chi connectivity index (χ4n) is 3.75. The van der Waals surface area contributed by atoms with E-state index in [1.54, 1.807) is 12.1 Å². The highest BCUT2D eigenvalue weighted by molar-refractivity contribution is 5.84. The maximum atomic E-state index is 13.2. The van der Waals surface area contributed by atoms with E-state index in [0.717, 1.165) is 19.5 Å². The number of hydrogen-bond donors (Lipinski definition) is 1. The van der Waals surface area contributed by atoms with Crippen LogP contribution in [0.2, 0.25) is 0 Å². The lowest BCUT2D eigenvalue weighted by molar-refractivity contribution is 0.381. The number of halogens is 1. The molecule has 1 saturated heterocycles. The molecule has 3 aromatic rings. The lowest BCUT2D eigenvalue weighted by Crippen LogP contribution is -2.34. The fraction of sp³-hybridized carbons (Fsp3) is 0.217. The van der Waals surface area contributed by atoms with E-state index in [-0.39, 0.29) is 5.82 Å². The van der Waals surface area contributed by atoms with Crippen molar-refractivity contribution in [2.45, 2.75) is 12.3 Å². The van der Waals surface area contributed by atoms with Crippen LogP contribution in [0.1, 0.15) is 23.5 Å². The minimum Gasteiger partial charge on any atom is -0.316 e. The Bertz CT molecular complexity index is 882. The highest BCUT2D eigenvalue weighted by Crippen LogP contribution is 2.32. The van der Waals surface area contributed by atoms with Gasteiger partial charge in [0.15, 0.2) is 0 Å². The summed E-state index contributed by atoms with van der Waals surface area (Å²) in [6.07, 6.45) is 5.61. The van der Waals surface area contributed by atoms with Gasteiger partial charge < -0.3 is 5.32 Å². The van der Waals surface area contributed by atoms with Gasteiger partial charge in [0.2, 0.25) is 0 Å². The van der Waals surface area contributed by atoms with Crippen molar-refractivity contribution in [2.75, 3.05) is 13.1 Å². The van der Waals surface area contributed by atoms with Crippen LogP contribution in [0.15, 0.2) is 72.8 Å². The second-order valence-electron chi connectivity index (χ2n) is 6.78. The molecule has 0 bridgehead atoms. The summed E-state index contributed by atoms with van der Waals surface area (Å²) in [5.41, 5.74) is 2.46. The maximum Gasteiger partial charge on any atom is 0.123 e. The van der Waals surface area contributed by atoms with Crippen molar-refractivity contribution in [1.29, 1.82) is 0 Å². The zero-order valence-electron chi connectivity index (χ0n) is 14.2. The average molecular weight is 331 g/mol. The summed E-state index contributed by atoms with van der Waals surface area (Å²) in [6, 6.07) is 22.0. The first-order valence-corrected chi connectivity index (χ1v) is 8.93. The third kappa shape index (κ3) is 3.64. The van der Waals surface area contributed by atoms with Gasteiger partial charge in [0.1, 0.15) is 5.82 Å². The molecule has 1 aliphatic heterocycles. The quantitative estimate of drug-likeness (QED) is 0.679. The smallest absolute Gasteiger partial charge is 0.123 e. The van der Waals surface area contributed by atoms with Crippen LogP contribution in [0, 0.1) is 11.7 Å². The summed E-state index contributed by atoms with van der Waals surface area (Å²) in [4.78, 5) is 0. The molecule has 4 rings (SSSR count). The molecule has 0 aliphatic carbocycles. The molecule has 0 amide bonds. The van der Waals surface area contributed by atoms with Crippen molar-refractivity contribution >= 4 is 16.8 Å². The first kappa shape index (κ1) is 16.0. The predicted octanol–water partition coefficient (Wildman–Crippen LogP) is 5.39. The molecule has 1 fully saturated rings. The topological polar surface area (TPSA) is 12.0 Å². The Morgan fingerprint density at radius 1 is 0.920 bits per heavy atom. The van der Waals surface area contributed by atoms with Crippen LogP contribution in [-0.2, 0) is 0 Å². The van der Waals surface area contributed by atoms with Crippen LogP contribution < -0.4 is 5.32 Å². The zero-order chi connectivity index (χ0) is 17.1. The van der Waals surface area contributed by atoms with Gasteiger partial charge in [0.05, 0.1) is 0 Å². The number of benzene rings is 3. The minimum absolute atomic E-state index is 0.166. The molecule has 2 atom stereocenters. The zero-order valence-corrected chi connectivity index (χ0v) is 14.2. The number of nitrogens with one attached hydrogen (secondary N) is 1. The lowest BCUT2D eigenvalue weighted by Gasteiger charge is -2.30. The molecule has 1 N–H and O–H groups in total. The molecule has 0 spiro atoms. The predicted molar refractivity (Wildman–Crippen MR) is 103 cm³/mol. The Balaban J connectivity index is 1.57. The summed E-state index contributed by atoms with van der Waals surface area (Å²) < 4.78 is 13.2. The standard InChI is InChI=1S/C23H22FN/c24-22-11-9-19(10-12-22)23-13-14-25-16-21(23)8-6-17-5-7-18-3-1-2-4-20(18)15-17/h1-12,15,21,23,25H,13-14,16H2. The van der Waals surface area contributed by atoms with E-state index in [0.29, 0.717) is 11.8 Å². The van der Waals surface area contributed by atoms with Crippen LogP contribution in [0.5, 0.6) is 0 Å². The molecule has 2 unspecified atom stereocenters. The number of piperidine rings is 1. The van der Waals surface area contributed by atoms with E-state index in [2.05, 4.69) is 59.9 Å². The highest BCUT2D eigenvalue weighted by Gasteiger charge is 2.24. The van der Waals surface area contributed by atoms with Crippen molar-refractivity contribution in [2.24, 2.45) is 5.92 Å². The van der Waals surface area contributed by atoms with Crippen LogP contribution in [0.3, 0.4) is 0 Å². The first-order chi connectivity index (χ1) is 12.3. The van der Waals surface area contributed by atoms with Gasteiger partial charge in [-0.3, -0.25) is 0 Å². The van der Waals surface area contributed by atoms with Gasteiger partial charge in [-0.2, -0.15) is 0 Å². The van der Waals surface area contributed by atoms with Crippen LogP contribution in [0.25, 0.3) is 16.8 Å². The average Bonchev–Trinajstić information content (AvgIpc) is 2.67. The van der Waals surface area contributed by atoms with E-state index >= 15 is 0 Å². The van der Waals surface area contributed by atoms with Gasteiger partial charge in [0, 0.05) is 6.54 Å². The van der Waals surface area contributed by atoms with E-state index < -0.39 is 0 Å². The Morgan fingerprint density at radius 3 is 2.56 bits per heavy atom. The largest absolute Gasteiger partial charge is 0.316 e. The summed E-state index contributed by atoms with van der Waals surface area (Å²) in [7, 11) is 0. The van der Waals surface area contributed by atoms with Crippen LogP contribution in [0.4, 0.5) is 4.39 Å². The molecule has 1 aliphatic rings. The summed E-state index contributed by atoms with van der Waals surface area (Å²) in [6.45, 7) is 1.98. The van der Waals surface area contributed by atoms with Gasteiger partial charge in [-0.1, -0.05) is 60.7 Å². The van der Waals surface area contributed by atoms with Gasteiger partial charge in [-0.05, 0) is 64.9 Å². The second-order valence-corrected chi connectivity index (χ2v) is 6.78. The van der Waals surface area contributed by atoms with E-state index in [4.69, 9.17) is 0 Å². The SMILES string of the molecule is Fc1ccc(C2CCNCC2C=Cc2ccc3ccccc3c2)cc1. The Morgan fingerprint density at radius 2 is 1.72 bits per heavy atom. The molecule has 3 aromatic carbocycles. The molecule has 0 aromatic heterocycles. The van der Waals surface area contributed by atoms with E-state index in [9.17, 15) is 4.39 Å². The molecule has 0 radical (unpaired) electrons. The summed E-state index contributed by atoms with van der Waals surface area (Å²) in [5, 5.41) is 6.02. The first-order valence-electron chi connectivity index (χ1n) is 8.93. The van der Waals surface area contributed by atoms with Gasteiger partial charge >= 0.3 is 0 Å². The molecule has 0 saturated carbocycles. The molecule has 126 valence electrons. The second kappa shape index (κ2) is 7.20. The van der Waals surface area contributed by atoms with Crippen molar-refractivity contribution in [3.8, 4) is 0 Å². The van der Waals surface area contributed by atoms with Crippen molar-refractivity contribution in [1.82, 2.24) is 5.32 Å². The molecule has 25 heavy (non-hydrogen) atoms.